The van der Waals surface area contributed by atoms with E-state index in [9.17, 15) is 13.2 Å². The van der Waals surface area contributed by atoms with Crippen molar-refractivity contribution in [3.63, 3.8) is 0 Å². The molecule has 2 fully saturated rings. The molecule has 0 amide bonds. The highest BCUT2D eigenvalue weighted by molar-refractivity contribution is 5.30. The van der Waals surface area contributed by atoms with Crippen molar-refractivity contribution in [3.8, 4) is 5.75 Å². The first kappa shape index (κ1) is 20.2. The molecule has 1 aliphatic carbocycles. The van der Waals surface area contributed by atoms with Gasteiger partial charge in [-0.25, -0.2) is 0 Å². The smallest absolute Gasteiger partial charge is 0.416 e. The summed E-state index contributed by atoms with van der Waals surface area (Å²) in [5.41, 5.74) is 1.32. The number of pyridine rings is 1. The predicted octanol–water partition coefficient (Wildman–Crippen LogP) is 4.55. The zero-order valence-corrected chi connectivity index (χ0v) is 16.1. The molecule has 1 aliphatic heterocycles. The fourth-order valence-electron chi connectivity index (χ4n) is 3.59. The Morgan fingerprint density at radius 3 is 2.62 bits per heavy atom. The maximum Gasteiger partial charge on any atom is 0.416 e. The van der Waals surface area contributed by atoms with Gasteiger partial charge in [-0.15, -0.1) is 0 Å². The van der Waals surface area contributed by atoms with Gasteiger partial charge in [-0.3, -0.25) is 4.98 Å². The SMILES string of the molecule is FC(F)(F)c1ccc(COCC[C@@H]2C[C@@H]2c2cncc(OC[C@@H]3CCN3)c2)cc1. The van der Waals surface area contributed by atoms with Crippen LogP contribution in [-0.4, -0.2) is 30.8 Å². The predicted molar refractivity (Wildman–Crippen MR) is 103 cm³/mol. The van der Waals surface area contributed by atoms with Crippen molar-refractivity contribution in [1.82, 2.24) is 10.3 Å². The molecule has 0 radical (unpaired) electrons. The van der Waals surface area contributed by atoms with E-state index in [2.05, 4.69) is 16.4 Å². The fourth-order valence-corrected chi connectivity index (χ4v) is 3.59. The number of alkyl halides is 3. The average molecular weight is 406 g/mol. The second-order valence-electron chi connectivity index (χ2n) is 7.84. The van der Waals surface area contributed by atoms with Gasteiger partial charge in [-0.05, 0) is 67.0 Å². The van der Waals surface area contributed by atoms with Gasteiger partial charge in [0, 0.05) is 18.8 Å². The second-order valence-corrected chi connectivity index (χ2v) is 7.84. The maximum atomic E-state index is 12.6. The molecule has 0 bridgehead atoms. The zero-order valence-electron chi connectivity index (χ0n) is 16.1. The van der Waals surface area contributed by atoms with Crippen molar-refractivity contribution >= 4 is 0 Å². The van der Waals surface area contributed by atoms with Crippen LogP contribution < -0.4 is 10.1 Å². The summed E-state index contributed by atoms with van der Waals surface area (Å²) in [5, 5.41) is 3.31. The first-order valence-corrected chi connectivity index (χ1v) is 10.0. The molecule has 156 valence electrons. The van der Waals surface area contributed by atoms with Gasteiger partial charge in [0.1, 0.15) is 12.4 Å². The molecule has 2 aromatic rings. The van der Waals surface area contributed by atoms with Gasteiger partial charge in [0.25, 0.3) is 0 Å². The van der Waals surface area contributed by atoms with Crippen molar-refractivity contribution in [1.29, 1.82) is 0 Å². The van der Waals surface area contributed by atoms with E-state index in [0.29, 0.717) is 37.7 Å². The van der Waals surface area contributed by atoms with Crippen LogP contribution in [0.5, 0.6) is 5.75 Å². The number of ether oxygens (including phenoxy) is 2. The minimum absolute atomic E-state index is 0.329. The molecule has 4 rings (SSSR count). The van der Waals surface area contributed by atoms with Crippen LogP contribution in [0.25, 0.3) is 0 Å². The number of nitrogens with zero attached hydrogens (tertiary/aromatic N) is 1. The van der Waals surface area contributed by atoms with E-state index in [-0.39, 0.29) is 0 Å². The number of hydrogen-bond donors (Lipinski definition) is 1. The first-order chi connectivity index (χ1) is 14.0. The number of nitrogens with one attached hydrogen (secondary N) is 1. The van der Waals surface area contributed by atoms with Crippen LogP contribution in [0.2, 0.25) is 0 Å². The standard InChI is InChI=1S/C22H25F3N2O2/c23-22(24,25)18-3-1-15(2-4-18)13-28-8-6-16-10-21(16)17-9-20(12-26-11-17)29-14-19-5-7-27-19/h1-4,9,11-12,16,19,21,27H,5-8,10,13-14H2/t16-,19+,21+/m1/s1. The van der Waals surface area contributed by atoms with E-state index in [1.165, 1.54) is 17.7 Å². The normalized spacial score (nSPS) is 23.5. The molecule has 4 nitrogen and oxygen atoms in total. The van der Waals surface area contributed by atoms with E-state index >= 15 is 0 Å². The van der Waals surface area contributed by atoms with Gasteiger partial charge < -0.3 is 14.8 Å². The number of benzene rings is 1. The van der Waals surface area contributed by atoms with Crippen LogP contribution in [0.1, 0.15) is 41.9 Å². The van der Waals surface area contributed by atoms with Gasteiger partial charge in [0.15, 0.2) is 0 Å². The molecule has 1 saturated carbocycles. The Morgan fingerprint density at radius 1 is 1.14 bits per heavy atom. The van der Waals surface area contributed by atoms with Crippen molar-refractivity contribution in [2.75, 3.05) is 19.8 Å². The minimum Gasteiger partial charge on any atom is -0.490 e. The minimum atomic E-state index is -4.30. The monoisotopic (exact) mass is 406 g/mol. The summed E-state index contributed by atoms with van der Waals surface area (Å²) >= 11 is 0. The Kier molecular flexibility index (Phi) is 6.06. The lowest BCUT2D eigenvalue weighted by molar-refractivity contribution is -0.137. The Bertz CT molecular complexity index is 806. The zero-order chi connectivity index (χ0) is 20.3. The van der Waals surface area contributed by atoms with Gasteiger partial charge in [-0.2, -0.15) is 13.2 Å². The Morgan fingerprint density at radius 2 is 1.93 bits per heavy atom. The third-order valence-electron chi connectivity index (χ3n) is 5.65. The van der Waals surface area contributed by atoms with Gasteiger partial charge >= 0.3 is 6.18 Å². The number of halogens is 3. The quantitative estimate of drug-likeness (QED) is 0.621. The summed E-state index contributed by atoms with van der Waals surface area (Å²) in [5.74, 6) is 1.87. The summed E-state index contributed by atoms with van der Waals surface area (Å²) in [7, 11) is 0. The molecule has 2 heterocycles. The molecule has 0 unspecified atom stereocenters. The number of aromatic nitrogens is 1. The van der Waals surface area contributed by atoms with E-state index in [0.717, 1.165) is 49.3 Å². The topological polar surface area (TPSA) is 43.4 Å². The molecule has 1 aromatic heterocycles. The second kappa shape index (κ2) is 8.71. The summed E-state index contributed by atoms with van der Waals surface area (Å²) in [6.07, 6.45) is 2.56. The van der Waals surface area contributed by atoms with Crippen LogP contribution in [-0.2, 0) is 17.5 Å². The van der Waals surface area contributed by atoms with E-state index in [1.54, 1.807) is 6.20 Å². The van der Waals surface area contributed by atoms with Crippen molar-refractivity contribution < 1.29 is 22.6 Å². The van der Waals surface area contributed by atoms with Crippen molar-refractivity contribution in [2.24, 2.45) is 5.92 Å². The van der Waals surface area contributed by atoms with Gasteiger partial charge in [0.05, 0.1) is 18.4 Å². The molecule has 29 heavy (non-hydrogen) atoms. The summed E-state index contributed by atoms with van der Waals surface area (Å²) < 4.78 is 49.2. The lowest BCUT2D eigenvalue weighted by Gasteiger charge is -2.27. The molecule has 1 aromatic carbocycles. The number of rotatable bonds is 9. The van der Waals surface area contributed by atoms with Crippen LogP contribution in [0.3, 0.4) is 0 Å². The van der Waals surface area contributed by atoms with E-state index in [1.807, 2.05) is 6.20 Å². The molecule has 2 aliphatic rings. The molecule has 3 atom stereocenters. The lowest BCUT2D eigenvalue weighted by atomic mass is 10.1. The highest BCUT2D eigenvalue weighted by Crippen LogP contribution is 2.49. The molecular formula is C22H25F3N2O2. The Hall–Kier alpha value is -2.12. The Labute approximate surface area is 168 Å². The Balaban J connectivity index is 1.17. The molecule has 1 N–H and O–H groups in total. The van der Waals surface area contributed by atoms with Gasteiger partial charge in [0.2, 0.25) is 0 Å². The van der Waals surface area contributed by atoms with Gasteiger partial charge in [-0.1, -0.05) is 12.1 Å². The van der Waals surface area contributed by atoms with Crippen LogP contribution >= 0.6 is 0 Å². The molecule has 1 saturated heterocycles. The molecular weight excluding hydrogens is 381 g/mol. The summed E-state index contributed by atoms with van der Waals surface area (Å²) in [6.45, 7) is 2.67. The molecule has 0 spiro atoms. The molecule has 7 heteroatoms. The summed E-state index contributed by atoms with van der Waals surface area (Å²) in [6, 6.07) is 7.67. The highest BCUT2D eigenvalue weighted by atomic mass is 19.4. The van der Waals surface area contributed by atoms with Crippen LogP contribution in [0.15, 0.2) is 42.7 Å². The third-order valence-corrected chi connectivity index (χ3v) is 5.65. The van der Waals surface area contributed by atoms with Crippen LogP contribution in [0, 0.1) is 5.92 Å². The van der Waals surface area contributed by atoms with Crippen molar-refractivity contribution in [3.05, 3.63) is 59.4 Å². The summed E-state index contributed by atoms with van der Waals surface area (Å²) in [4.78, 5) is 4.31. The maximum absolute atomic E-state index is 12.6. The largest absolute Gasteiger partial charge is 0.490 e. The number of hydrogen-bond acceptors (Lipinski definition) is 4. The first-order valence-electron chi connectivity index (χ1n) is 10.0. The lowest BCUT2D eigenvalue weighted by Crippen LogP contribution is -2.46. The van der Waals surface area contributed by atoms with Crippen molar-refractivity contribution in [2.45, 2.75) is 44.0 Å². The fraction of sp³-hybridized carbons (Fsp3) is 0.500. The third kappa shape index (κ3) is 5.48. The van der Waals surface area contributed by atoms with Crippen LogP contribution in [0.4, 0.5) is 13.2 Å². The average Bonchev–Trinajstić information content (AvgIpc) is 3.44. The van der Waals surface area contributed by atoms with E-state index in [4.69, 9.17) is 9.47 Å². The van der Waals surface area contributed by atoms with E-state index < -0.39 is 11.7 Å². The highest BCUT2D eigenvalue weighted by Gasteiger charge is 2.38.